The molecule has 0 atom stereocenters. The lowest BCUT2D eigenvalue weighted by Crippen LogP contribution is -1.98. The van der Waals surface area contributed by atoms with Gasteiger partial charge in [0.25, 0.3) is 0 Å². The van der Waals surface area contributed by atoms with Crippen molar-refractivity contribution in [2.24, 2.45) is 0 Å². The predicted octanol–water partition coefficient (Wildman–Crippen LogP) is 3.94. The van der Waals surface area contributed by atoms with Crippen LogP contribution in [-0.4, -0.2) is 11.5 Å². The van der Waals surface area contributed by atoms with Crippen molar-refractivity contribution < 1.29 is 0 Å². The number of aryl methyl sites for hydroxylation is 1. The molecule has 2 rings (SSSR count). The van der Waals surface area contributed by atoms with E-state index in [0.717, 1.165) is 23.8 Å². The van der Waals surface area contributed by atoms with Crippen LogP contribution in [0.5, 0.6) is 0 Å². The van der Waals surface area contributed by atoms with Crippen LogP contribution in [0.1, 0.15) is 18.9 Å². The van der Waals surface area contributed by atoms with E-state index < -0.39 is 0 Å². The summed E-state index contributed by atoms with van der Waals surface area (Å²) in [6.07, 6.45) is 1.12. The number of rotatable bonds is 4. The number of nitrogens with one attached hydrogen (secondary N) is 1. The van der Waals surface area contributed by atoms with Gasteiger partial charge in [-0.25, -0.2) is 4.98 Å². The van der Waals surface area contributed by atoms with Crippen LogP contribution in [0.4, 0.5) is 5.13 Å². The van der Waals surface area contributed by atoms with E-state index in [2.05, 4.69) is 53.8 Å². The average molecular weight is 232 g/mol. The van der Waals surface area contributed by atoms with Gasteiger partial charge in [0.2, 0.25) is 0 Å². The van der Waals surface area contributed by atoms with E-state index in [9.17, 15) is 0 Å². The minimum Gasteiger partial charge on any atom is -0.362 e. The van der Waals surface area contributed by atoms with Crippen LogP contribution in [0, 0.1) is 6.92 Å². The molecule has 0 spiro atoms. The summed E-state index contributed by atoms with van der Waals surface area (Å²) in [4.78, 5) is 4.59. The van der Waals surface area contributed by atoms with Gasteiger partial charge in [0.15, 0.2) is 5.13 Å². The summed E-state index contributed by atoms with van der Waals surface area (Å²) < 4.78 is 0. The fourth-order valence-electron chi connectivity index (χ4n) is 1.57. The average Bonchev–Trinajstić information content (AvgIpc) is 2.75. The summed E-state index contributed by atoms with van der Waals surface area (Å²) in [5.74, 6) is 0. The Morgan fingerprint density at radius 2 is 2.12 bits per heavy atom. The molecular formula is C13H16N2S. The van der Waals surface area contributed by atoms with Gasteiger partial charge < -0.3 is 5.32 Å². The summed E-state index contributed by atoms with van der Waals surface area (Å²) in [5, 5.41) is 6.44. The lowest BCUT2D eigenvalue weighted by Gasteiger charge is -2.01. The third-order valence-corrected chi connectivity index (χ3v) is 3.25. The van der Waals surface area contributed by atoms with E-state index in [4.69, 9.17) is 0 Å². The second-order valence-electron chi connectivity index (χ2n) is 3.78. The number of hydrogen-bond acceptors (Lipinski definition) is 3. The van der Waals surface area contributed by atoms with Crippen molar-refractivity contribution in [3.8, 4) is 11.3 Å². The fraction of sp³-hybridized carbons (Fsp3) is 0.308. The predicted molar refractivity (Wildman–Crippen MR) is 71.1 cm³/mol. The highest BCUT2D eigenvalue weighted by Gasteiger charge is 2.05. The monoisotopic (exact) mass is 232 g/mol. The molecule has 1 aromatic carbocycles. The first-order chi connectivity index (χ1) is 7.81. The Morgan fingerprint density at radius 3 is 2.88 bits per heavy atom. The van der Waals surface area contributed by atoms with Gasteiger partial charge in [-0.05, 0) is 18.9 Å². The molecule has 0 bridgehead atoms. The van der Waals surface area contributed by atoms with Crippen molar-refractivity contribution in [2.45, 2.75) is 20.3 Å². The van der Waals surface area contributed by atoms with Crippen molar-refractivity contribution in [1.29, 1.82) is 0 Å². The number of benzene rings is 1. The molecule has 2 nitrogen and oxygen atoms in total. The molecule has 16 heavy (non-hydrogen) atoms. The lowest BCUT2D eigenvalue weighted by atomic mass is 10.1. The zero-order valence-electron chi connectivity index (χ0n) is 9.66. The van der Waals surface area contributed by atoms with Crippen molar-refractivity contribution in [3.63, 3.8) is 0 Å². The zero-order valence-corrected chi connectivity index (χ0v) is 10.5. The van der Waals surface area contributed by atoms with Crippen LogP contribution in [0.3, 0.4) is 0 Å². The van der Waals surface area contributed by atoms with Crippen molar-refractivity contribution in [2.75, 3.05) is 11.9 Å². The molecule has 0 saturated heterocycles. The van der Waals surface area contributed by atoms with Gasteiger partial charge in [0.1, 0.15) is 0 Å². The fourth-order valence-corrected chi connectivity index (χ4v) is 2.31. The van der Waals surface area contributed by atoms with E-state index in [-0.39, 0.29) is 0 Å². The van der Waals surface area contributed by atoms with Crippen LogP contribution in [0.15, 0.2) is 29.6 Å². The summed E-state index contributed by atoms with van der Waals surface area (Å²) in [6.45, 7) is 5.26. The van der Waals surface area contributed by atoms with Crippen molar-refractivity contribution >= 4 is 16.5 Å². The largest absolute Gasteiger partial charge is 0.362 e. The van der Waals surface area contributed by atoms with Gasteiger partial charge in [-0.3, -0.25) is 0 Å². The maximum absolute atomic E-state index is 4.59. The lowest BCUT2D eigenvalue weighted by molar-refractivity contribution is 0.976. The van der Waals surface area contributed by atoms with E-state index in [0.29, 0.717) is 0 Å². The Kier molecular flexibility index (Phi) is 3.57. The van der Waals surface area contributed by atoms with E-state index in [1.54, 1.807) is 11.3 Å². The number of nitrogens with zero attached hydrogens (tertiary/aromatic N) is 1. The molecule has 0 unspecified atom stereocenters. The number of hydrogen-bond donors (Lipinski definition) is 1. The topological polar surface area (TPSA) is 24.9 Å². The second kappa shape index (κ2) is 5.12. The van der Waals surface area contributed by atoms with E-state index in [1.165, 1.54) is 11.1 Å². The Morgan fingerprint density at radius 1 is 1.31 bits per heavy atom. The molecule has 0 fully saturated rings. The first kappa shape index (κ1) is 11.1. The number of anilines is 1. The zero-order chi connectivity index (χ0) is 11.4. The molecular weight excluding hydrogens is 216 g/mol. The summed E-state index contributed by atoms with van der Waals surface area (Å²) >= 11 is 1.67. The Hall–Kier alpha value is -1.35. The number of aromatic nitrogens is 1. The molecule has 1 aromatic heterocycles. The third kappa shape index (κ3) is 2.42. The normalized spacial score (nSPS) is 10.4. The van der Waals surface area contributed by atoms with Gasteiger partial charge >= 0.3 is 0 Å². The molecule has 1 N–H and O–H groups in total. The Balaban J connectivity index is 2.22. The molecule has 84 valence electrons. The van der Waals surface area contributed by atoms with Gasteiger partial charge in [-0.2, -0.15) is 0 Å². The second-order valence-corrected chi connectivity index (χ2v) is 4.64. The standard InChI is InChI=1S/C13H16N2S/c1-3-8-14-13-15-12(9-16-13)11-7-5-4-6-10(11)2/h4-7,9H,3,8H2,1-2H3,(H,14,15). The molecule has 0 aliphatic rings. The van der Waals surface area contributed by atoms with Gasteiger partial charge in [-0.1, -0.05) is 31.2 Å². The maximum atomic E-state index is 4.59. The van der Waals surface area contributed by atoms with E-state index in [1.807, 2.05) is 0 Å². The van der Waals surface area contributed by atoms with Crippen LogP contribution < -0.4 is 5.32 Å². The first-order valence-electron chi connectivity index (χ1n) is 5.56. The first-order valence-corrected chi connectivity index (χ1v) is 6.44. The third-order valence-electron chi connectivity index (χ3n) is 2.45. The molecule has 0 radical (unpaired) electrons. The summed E-state index contributed by atoms with van der Waals surface area (Å²) in [6, 6.07) is 8.35. The molecule has 2 aromatic rings. The maximum Gasteiger partial charge on any atom is 0.183 e. The highest BCUT2D eigenvalue weighted by molar-refractivity contribution is 7.14. The molecule has 3 heteroatoms. The van der Waals surface area contributed by atoms with Gasteiger partial charge in [-0.15, -0.1) is 11.3 Å². The molecule has 0 aliphatic carbocycles. The van der Waals surface area contributed by atoms with E-state index >= 15 is 0 Å². The highest BCUT2D eigenvalue weighted by atomic mass is 32.1. The minimum absolute atomic E-state index is 0.987. The molecule has 1 heterocycles. The summed E-state index contributed by atoms with van der Waals surface area (Å²) in [5.41, 5.74) is 3.57. The Labute approximate surface area is 100 Å². The van der Waals surface area contributed by atoms with Crippen LogP contribution in [-0.2, 0) is 0 Å². The summed E-state index contributed by atoms with van der Waals surface area (Å²) in [7, 11) is 0. The SMILES string of the molecule is CCCNc1nc(-c2ccccc2C)cs1. The minimum atomic E-state index is 0.987. The highest BCUT2D eigenvalue weighted by Crippen LogP contribution is 2.26. The molecule has 0 aliphatic heterocycles. The Bertz CT molecular complexity index is 462. The molecule has 0 saturated carbocycles. The van der Waals surface area contributed by atoms with Crippen molar-refractivity contribution in [3.05, 3.63) is 35.2 Å². The smallest absolute Gasteiger partial charge is 0.183 e. The van der Waals surface area contributed by atoms with Crippen LogP contribution in [0.2, 0.25) is 0 Å². The van der Waals surface area contributed by atoms with Gasteiger partial charge in [0, 0.05) is 17.5 Å². The van der Waals surface area contributed by atoms with Crippen molar-refractivity contribution in [1.82, 2.24) is 4.98 Å². The molecule has 0 amide bonds. The van der Waals surface area contributed by atoms with Gasteiger partial charge in [0.05, 0.1) is 5.69 Å². The van der Waals surface area contributed by atoms with Crippen LogP contribution >= 0.6 is 11.3 Å². The van der Waals surface area contributed by atoms with Crippen LogP contribution in [0.25, 0.3) is 11.3 Å². The quantitative estimate of drug-likeness (QED) is 0.863. The number of thiazole rings is 1.